The van der Waals surface area contributed by atoms with Crippen LogP contribution in [0, 0.1) is 0 Å². The topological polar surface area (TPSA) is 60.7 Å². The lowest BCUT2D eigenvalue weighted by molar-refractivity contribution is -0.139. The Balaban J connectivity index is 1.97. The first-order valence-corrected chi connectivity index (χ1v) is 11.1. The zero-order valence-corrected chi connectivity index (χ0v) is 18.1. The second-order valence-corrected chi connectivity index (χ2v) is 8.79. The molecule has 29 heavy (non-hydrogen) atoms. The third kappa shape index (κ3) is 3.73. The van der Waals surface area contributed by atoms with Gasteiger partial charge in [0.25, 0.3) is 5.56 Å². The van der Waals surface area contributed by atoms with E-state index in [1.807, 2.05) is 35.7 Å². The highest BCUT2D eigenvalue weighted by Crippen LogP contribution is 2.31. The normalized spacial score (nSPS) is 16.5. The molecule has 0 aliphatic carbocycles. The smallest absolute Gasteiger partial charge is 0.338 e. The van der Waals surface area contributed by atoms with Crippen LogP contribution in [0.25, 0.3) is 6.08 Å². The van der Waals surface area contributed by atoms with Crippen LogP contribution in [0.3, 0.4) is 0 Å². The van der Waals surface area contributed by atoms with E-state index >= 15 is 0 Å². The molecule has 4 rings (SSSR count). The molecule has 148 valence electrons. The molecule has 3 aromatic rings. The van der Waals surface area contributed by atoms with Gasteiger partial charge in [-0.2, -0.15) is 0 Å². The van der Waals surface area contributed by atoms with Crippen molar-refractivity contribution in [3.63, 3.8) is 0 Å². The van der Waals surface area contributed by atoms with Crippen molar-refractivity contribution < 1.29 is 9.53 Å². The van der Waals surface area contributed by atoms with Crippen molar-refractivity contribution in [2.45, 2.75) is 19.9 Å². The number of carbonyl (C=O) groups is 1. The lowest BCUT2D eigenvalue weighted by Gasteiger charge is -2.24. The standard InChI is InChI=1S/C21H17ClN2O3S2/c1-3-27-20(26)17-12(2)23-21-24(18(17)13-6-8-14(22)9-7-13)19(25)16(29-21)11-15-5-4-10-28-15/h4-11,18H,3H2,1-2H3. The predicted octanol–water partition coefficient (Wildman–Crippen LogP) is 3.51. The Morgan fingerprint density at radius 1 is 1.31 bits per heavy atom. The number of rotatable bonds is 4. The van der Waals surface area contributed by atoms with Gasteiger partial charge in [0.2, 0.25) is 0 Å². The highest BCUT2D eigenvalue weighted by Gasteiger charge is 2.33. The Hall–Kier alpha value is -2.48. The minimum absolute atomic E-state index is 0.184. The number of esters is 1. The van der Waals surface area contributed by atoms with E-state index in [-0.39, 0.29) is 12.2 Å². The summed E-state index contributed by atoms with van der Waals surface area (Å²) in [7, 11) is 0. The number of ether oxygens (including phenoxy) is 1. The fourth-order valence-electron chi connectivity index (χ4n) is 3.25. The number of carbonyl (C=O) groups excluding carboxylic acids is 1. The maximum Gasteiger partial charge on any atom is 0.338 e. The van der Waals surface area contributed by atoms with Gasteiger partial charge in [-0.25, -0.2) is 9.79 Å². The average Bonchev–Trinajstić information content (AvgIpc) is 3.30. The van der Waals surface area contributed by atoms with Gasteiger partial charge in [0.15, 0.2) is 4.80 Å². The third-order valence-corrected chi connectivity index (χ3v) is 6.57. The van der Waals surface area contributed by atoms with Gasteiger partial charge >= 0.3 is 5.97 Å². The number of halogens is 1. The number of allylic oxidation sites excluding steroid dienone is 1. The van der Waals surface area contributed by atoms with Gasteiger partial charge in [-0.05, 0) is 49.1 Å². The summed E-state index contributed by atoms with van der Waals surface area (Å²) in [5, 5.41) is 2.54. The van der Waals surface area contributed by atoms with Crippen LogP contribution in [0.1, 0.15) is 30.3 Å². The van der Waals surface area contributed by atoms with Crippen LogP contribution in [0.15, 0.2) is 62.8 Å². The van der Waals surface area contributed by atoms with Crippen LogP contribution < -0.4 is 14.9 Å². The molecule has 1 unspecified atom stereocenters. The molecule has 0 bridgehead atoms. The van der Waals surface area contributed by atoms with Gasteiger partial charge in [-0.1, -0.05) is 41.1 Å². The number of hydrogen-bond acceptors (Lipinski definition) is 6. The van der Waals surface area contributed by atoms with Crippen LogP contribution >= 0.6 is 34.3 Å². The molecule has 1 aromatic carbocycles. The van der Waals surface area contributed by atoms with E-state index in [0.717, 1.165) is 10.4 Å². The molecule has 3 heterocycles. The molecule has 0 fully saturated rings. The first kappa shape index (κ1) is 19.8. The number of hydrogen-bond donors (Lipinski definition) is 0. The van der Waals surface area contributed by atoms with Crippen molar-refractivity contribution in [2.75, 3.05) is 6.61 Å². The largest absolute Gasteiger partial charge is 0.463 e. The maximum atomic E-state index is 13.3. The Bertz CT molecular complexity index is 1270. The lowest BCUT2D eigenvalue weighted by atomic mass is 9.96. The SMILES string of the molecule is CCOC(=O)C1=C(C)N=c2sc(=Cc3cccs3)c(=O)n2C1c1ccc(Cl)cc1. The second-order valence-electron chi connectivity index (χ2n) is 6.37. The van der Waals surface area contributed by atoms with Gasteiger partial charge < -0.3 is 4.74 Å². The van der Waals surface area contributed by atoms with Crippen molar-refractivity contribution in [3.8, 4) is 0 Å². The number of nitrogens with zero attached hydrogens (tertiary/aromatic N) is 2. The minimum atomic E-state index is -0.618. The summed E-state index contributed by atoms with van der Waals surface area (Å²) in [5.41, 5.74) is 1.50. The molecule has 0 N–H and O–H groups in total. The Morgan fingerprint density at radius 2 is 2.07 bits per heavy atom. The maximum absolute atomic E-state index is 13.3. The summed E-state index contributed by atoms with van der Waals surface area (Å²) in [6, 6.07) is 10.4. The lowest BCUT2D eigenvalue weighted by Crippen LogP contribution is -2.39. The summed E-state index contributed by atoms with van der Waals surface area (Å²) in [4.78, 5) is 32.2. The summed E-state index contributed by atoms with van der Waals surface area (Å²) in [5.74, 6) is -0.471. The molecule has 1 atom stereocenters. The quantitative estimate of drug-likeness (QED) is 0.578. The van der Waals surface area contributed by atoms with E-state index in [2.05, 4.69) is 4.99 Å². The fraction of sp³-hybridized carbons (Fsp3) is 0.190. The van der Waals surface area contributed by atoms with E-state index in [1.165, 1.54) is 11.3 Å². The molecule has 1 aliphatic heterocycles. The van der Waals surface area contributed by atoms with Gasteiger partial charge in [0.1, 0.15) is 0 Å². The minimum Gasteiger partial charge on any atom is -0.463 e. The van der Waals surface area contributed by atoms with Crippen molar-refractivity contribution in [3.05, 3.63) is 88.2 Å². The first-order chi connectivity index (χ1) is 14.0. The molecular weight excluding hydrogens is 428 g/mol. The molecule has 2 aromatic heterocycles. The Labute approximate surface area is 179 Å². The van der Waals surface area contributed by atoms with E-state index in [0.29, 0.717) is 25.6 Å². The summed E-state index contributed by atoms with van der Waals surface area (Å²) >= 11 is 8.92. The highest BCUT2D eigenvalue weighted by molar-refractivity contribution is 7.11. The zero-order chi connectivity index (χ0) is 20.5. The Morgan fingerprint density at radius 3 is 2.72 bits per heavy atom. The van der Waals surface area contributed by atoms with Gasteiger partial charge in [-0.15, -0.1) is 11.3 Å². The van der Waals surface area contributed by atoms with Crippen LogP contribution in [-0.4, -0.2) is 17.1 Å². The Kier molecular flexibility index (Phi) is 5.54. The number of aromatic nitrogens is 1. The first-order valence-electron chi connectivity index (χ1n) is 8.98. The molecule has 0 radical (unpaired) electrons. The zero-order valence-electron chi connectivity index (χ0n) is 15.7. The van der Waals surface area contributed by atoms with E-state index in [1.54, 1.807) is 41.9 Å². The van der Waals surface area contributed by atoms with E-state index < -0.39 is 12.0 Å². The summed E-state index contributed by atoms with van der Waals surface area (Å²) < 4.78 is 7.42. The fourth-order valence-corrected chi connectivity index (χ4v) is 5.15. The predicted molar refractivity (Wildman–Crippen MR) is 116 cm³/mol. The monoisotopic (exact) mass is 444 g/mol. The molecular formula is C21H17ClN2O3S2. The molecule has 8 heteroatoms. The molecule has 1 aliphatic rings. The van der Waals surface area contributed by atoms with E-state index in [4.69, 9.17) is 16.3 Å². The number of fused-ring (bicyclic) bond motifs is 1. The number of benzene rings is 1. The van der Waals surface area contributed by atoms with E-state index in [9.17, 15) is 9.59 Å². The molecule has 0 saturated carbocycles. The summed E-state index contributed by atoms with van der Waals surface area (Å²) in [6.45, 7) is 3.76. The van der Waals surface area contributed by atoms with Crippen LogP contribution in [-0.2, 0) is 9.53 Å². The third-order valence-electron chi connectivity index (χ3n) is 4.52. The average molecular weight is 445 g/mol. The van der Waals surface area contributed by atoms with Crippen LogP contribution in [0.5, 0.6) is 0 Å². The van der Waals surface area contributed by atoms with Crippen LogP contribution in [0.4, 0.5) is 0 Å². The van der Waals surface area contributed by atoms with Crippen molar-refractivity contribution in [2.24, 2.45) is 4.99 Å². The van der Waals surface area contributed by atoms with Gasteiger partial charge in [-0.3, -0.25) is 9.36 Å². The van der Waals surface area contributed by atoms with Crippen LogP contribution in [0.2, 0.25) is 5.02 Å². The molecule has 5 nitrogen and oxygen atoms in total. The van der Waals surface area contributed by atoms with Crippen molar-refractivity contribution in [1.82, 2.24) is 4.57 Å². The number of thiazole rings is 1. The van der Waals surface area contributed by atoms with Gasteiger partial charge in [0, 0.05) is 9.90 Å². The molecule has 0 amide bonds. The number of thiophene rings is 1. The molecule has 0 spiro atoms. The van der Waals surface area contributed by atoms with Gasteiger partial charge in [0.05, 0.1) is 28.5 Å². The van der Waals surface area contributed by atoms with Crippen molar-refractivity contribution in [1.29, 1.82) is 0 Å². The second kappa shape index (κ2) is 8.10. The molecule has 0 saturated heterocycles. The highest BCUT2D eigenvalue weighted by atomic mass is 35.5. The summed E-state index contributed by atoms with van der Waals surface area (Å²) in [6.07, 6.45) is 1.86. The van der Waals surface area contributed by atoms with Crippen molar-refractivity contribution >= 4 is 46.3 Å².